The van der Waals surface area contributed by atoms with Gasteiger partial charge in [0, 0.05) is 58.9 Å². The molecule has 150 valence electrons. The van der Waals surface area contributed by atoms with Crippen molar-refractivity contribution in [2.24, 2.45) is 10.9 Å². The first kappa shape index (κ1) is 19.9. The van der Waals surface area contributed by atoms with Gasteiger partial charge in [0.2, 0.25) is 0 Å². The first-order chi connectivity index (χ1) is 13.3. The number of hydrogen-bond donors (Lipinski definition) is 1. The van der Waals surface area contributed by atoms with Crippen LogP contribution in [0.5, 0.6) is 0 Å². The lowest BCUT2D eigenvalue weighted by Crippen LogP contribution is -2.52. The minimum Gasteiger partial charge on any atom is -0.381 e. The van der Waals surface area contributed by atoms with Crippen LogP contribution in [0.3, 0.4) is 0 Å². The number of anilines is 1. The lowest BCUT2D eigenvalue weighted by molar-refractivity contribution is 0.0887. The van der Waals surface area contributed by atoms with Gasteiger partial charge in [0.05, 0.1) is 18.9 Å². The third kappa shape index (κ3) is 5.81. The summed E-state index contributed by atoms with van der Waals surface area (Å²) in [7, 11) is 1.81. The Morgan fingerprint density at radius 3 is 2.81 bits per heavy atom. The van der Waals surface area contributed by atoms with E-state index in [4.69, 9.17) is 9.47 Å². The predicted octanol–water partition coefficient (Wildman–Crippen LogP) is 1.97. The number of hydrogen-bond acceptors (Lipinski definition) is 4. The third-order valence-corrected chi connectivity index (χ3v) is 5.11. The molecule has 2 aliphatic heterocycles. The number of piperazine rings is 1. The molecule has 6 nitrogen and oxygen atoms in total. The molecule has 2 saturated heterocycles. The minimum absolute atomic E-state index is 0.155. The van der Waals surface area contributed by atoms with Crippen LogP contribution < -0.4 is 10.2 Å². The molecular formula is C20H31FN4O2. The van der Waals surface area contributed by atoms with E-state index in [0.29, 0.717) is 11.6 Å². The Balaban J connectivity index is 1.33. The van der Waals surface area contributed by atoms with Gasteiger partial charge in [0.25, 0.3) is 0 Å². The average Bonchev–Trinajstić information content (AvgIpc) is 3.22. The number of benzene rings is 1. The Morgan fingerprint density at radius 2 is 2.11 bits per heavy atom. The van der Waals surface area contributed by atoms with Crippen LogP contribution in [0.25, 0.3) is 0 Å². The minimum atomic E-state index is -0.155. The molecule has 1 unspecified atom stereocenters. The number of nitrogens with one attached hydrogen (secondary N) is 1. The van der Waals surface area contributed by atoms with Crippen molar-refractivity contribution in [2.75, 3.05) is 71.1 Å². The van der Waals surface area contributed by atoms with Crippen molar-refractivity contribution in [1.29, 1.82) is 0 Å². The van der Waals surface area contributed by atoms with Gasteiger partial charge >= 0.3 is 0 Å². The molecule has 2 aliphatic rings. The van der Waals surface area contributed by atoms with Crippen LogP contribution in [0.2, 0.25) is 0 Å². The fourth-order valence-electron chi connectivity index (χ4n) is 3.54. The van der Waals surface area contributed by atoms with E-state index in [1.54, 1.807) is 6.07 Å². The quantitative estimate of drug-likeness (QED) is 0.447. The van der Waals surface area contributed by atoms with Gasteiger partial charge in [0.1, 0.15) is 5.82 Å². The van der Waals surface area contributed by atoms with E-state index in [2.05, 4.69) is 20.1 Å². The second-order valence-electron chi connectivity index (χ2n) is 7.06. The summed E-state index contributed by atoms with van der Waals surface area (Å²) in [5, 5.41) is 3.41. The smallest absolute Gasteiger partial charge is 0.193 e. The SMILES string of the molecule is CN=C(NCCCOCC1CCOC1)N1CCN(c2ccccc2F)CC1. The molecule has 0 radical (unpaired) electrons. The summed E-state index contributed by atoms with van der Waals surface area (Å²) in [5.74, 6) is 1.32. The van der Waals surface area contributed by atoms with Crippen LogP contribution in [0.4, 0.5) is 10.1 Å². The van der Waals surface area contributed by atoms with E-state index in [0.717, 1.165) is 78.0 Å². The fourth-order valence-corrected chi connectivity index (χ4v) is 3.54. The largest absolute Gasteiger partial charge is 0.381 e. The molecule has 0 amide bonds. The molecule has 1 aromatic rings. The summed E-state index contributed by atoms with van der Waals surface area (Å²) in [6.07, 6.45) is 2.06. The average molecular weight is 378 g/mol. The molecule has 0 bridgehead atoms. The topological polar surface area (TPSA) is 49.3 Å². The molecule has 0 spiro atoms. The Bertz CT molecular complexity index is 599. The lowest BCUT2D eigenvalue weighted by atomic mass is 10.1. The molecule has 0 saturated carbocycles. The number of guanidine groups is 1. The standard InChI is InChI=1S/C20H31FN4O2/c1-22-20(23-8-4-13-26-15-17-7-14-27-16-17)25-11-9-24(10-12-25)19-6-3-2-5-18(19)21/h2-3,5-6,17H,4,7-16H2,1H3,(H,22,23). The summed E-state index contributed by atoms with van der Waals surface area (Å²) in [6.45, 7) is 7.32. The Labute approximate surface area is 161 Å². The molecule has 1 atom stereocenters. The van der Waals surface area contributed by atoms with Crippen LogP contribution in [-0.4, -0.2) is 77.1 Å². The van der Waals surface area contributed by atoms with Crippen molar-refractivity contribution < 1.29 is 13.9 Å². The molecule has 0 aliphatic carbocycles. The van der Waals surface area contributed by atoms with E-state index >= 15 is 0 Å². The maximum atomic E-state index is 14.0. The third-order valence-electron chi connectivity index (χ3n) is 5.11. The van der Waals surface area contributed by atoms with Crippen LogP contribution in [0, 0.1) is 11.7 Å². The zero-order valence-corrected chi connectivity index (χ0v) is 16.2. The van der Waals surface area contributed by atoms with Gasteiger partial charge in [-0.05, 0) is 25.0 Å². The molecule has 0 aromatic heterocycles. The number of aliphatic imine (C=N–C) groups is 1. The predicted molar refractivity (Wildman–Crippen MR) is 106 cm³/mol. The Kier molecular flexibility index (Phi) is 7.71. The normalized spacial score (nSPS) is 21.0. The van der Waals surface area contributed by atoms with Crippen LogP contribution in [-0.2, 0) is 9.47 Å². The first-order valence-corrected chi connectivity index (χ1v) is 9.88. The van der Waals surface area contributed by atoms with Crippen molar-refractivity contribution >= 4 is 11.6 Å². The number of para-hydroxylation sites is 1. The Hall–Kier alpha value is -1.86. The van der Waals surface area contributed by atoms with Gasteiger partial charge in [-0.25, -0.2) is 4.39 Å². The zero-order valence-electron chi connectivity index (χ0n) is 16.2. The molecule has 2 heterocycles. The number of halogens is 1. The van der Waals surface area contributed by atoms with Crippen molar-refractivity contribution in [1.82, 2.24) is 10.2 Å². The summed E-state index contributed by atoms with van der Waals surface area (Å²) in [5.41, 5.74) is 0.685. The van der Waals surface area contributed by atoms with Crippen LogP contribution in [0.1, 0.15) is 12.8 Å². The molecule has 27 heavy (non-hydrogen) atoms. The van der Waals surface area contributed by atoms with Gasteiger partial charge < -0.3 is 24.6 Å². The Morgan fingerprint density at radius 1 is 1.30 bits per heavy atom. The van der Waals surface area contributed by atoms with E-state index in [1.807, 2.05) is 19.2 Å². The van der Waals surface area contributed by atoms with E-state index in [1.165, 1.54) is 6.07 Å². The monoisotopic (exact) mass is 378 g/mol. The molecular weight excluding hydrogens is 347 g/mol. The van der Waals surface area contributed by atoms with Crippen molar-refractivity contribution in [3.05, 3.63) is 30.1 Å². The maximum absolute atomic E-state index is 14.0. The number of rotatable bonds is 7. The summed E-state index contributed by atoms with van der Waals surface area (Å²) < 4.78 is 25.0. The summed E-state index contributed by atoms with van der Waals surface area (Å²) in [6, 6.07) is 6.97. The molecule has 2 fully saturated rings. The number of nitrogens with zero attached hydrogens (tertiary/aromatic N) is 3. The summed E-state index contributed by atoms with van der Waals surface area (Å²) in [4.78, 5) is 8.72. The molecule has 7 heteroatoms. The van der Waals surface area contributed by atoms with E-state index < -0.39 is 0 Å². The van der Waals surface area contributed by atoms with E-state index in [9.17, 15) is 4.39 Å². The maximum Gasteiger partial charge on any atom is 0.193 e. The van der Waals surface area contributed by atoms with Crippen LogP contribution in [0.15, 0.2) is 29.3 Å². The van der Waals surface area contributed by atoms with Gasteiger partial charge in [0.15, 0.2) is 5.96 Å². The summed E-state index contributed by atoms with van der Waals surface area (Å²) >= 11 is 0. The molecule has 3 rings (SSSR count). The number of ether oxygens (including phenoxy) is 2. The highest BCUT2D eigenvalue weighted by Crippen LogP contribution is 2.20. The van der Waals surface area contributed by atoms with Crippen molar-refractivity contribution in [2.45, 2.75) is 12.8 Å². The van der Waals surface area contributed by atoms with Crippen molar-refractivity contribution in [3.8, 4) is 0 Å². The highest BCUT2D eigenvalue weighted by molar-refractivity contribution is 5.80. The highest BCUT2D eigenvalue weighted by Gasteiger charge is 2.21. The van der Waals surface area contributed by atoms with Gasteiger partial charge in [-0.3, -0.25) is 4.99 Å². The fraction of sp³-hybridized carbons (Fsp3) is 0.650. The van der Waals surface area contributed by atoms with E-state index in [-0.39, 0.29) is 5.82 Å². The molecule has 1 N–H and O–H groups in total. The highest BCUT2D eigenvalue weighted by atomic mass is 19.1. The van der Waals surface area contributed by atoms with Gasteiger partial charge in [-0.1, -0.05) is 12.1 Å². The second-order valence-corrected chi connectivity index (χ2v) is 7.06. The first-order valence-electron chi connectivity index (χ1n) is 9.88. The second kappa shape index (κ2) is 10.5. The van der Waals surface area contributed by atoms with Crippen molar-refractivity contribution in [3.63, 3.8) is 0 Å². The zero-order chi connectivity index (χ0) is 18.9. The molecule has 1 aromatic carbocycles. The van der Waals surface area contributed by atoms with Crippen LogP contribution >= 0.6 is 0 Å². The van der Waals surface area contributed by atoms with Gasteiger partial charge in [-0.2, -0.15) is 0 Å². The lowest BCUT2D eigenvalue weighted by Gasteiger charge is -2.37. The van der Waals surface area contributed by atoms with Gasteiger partial charge in [-0.15, -0.1) is 0 Å².